The molecule has 1 saturated carbocycles. The molecule has 1 unspecified atom stereocenters. The lowest BCUT2D eigenvalue weighted by Crippen LogP contribution is -1.68. The fourth-order valence-corrected chi connectivity index (χ4v) is 2.29. The van der Waals surface area contributed by atoms with Crippen molar-refractivity contribution in [2.24, 2.45) is 5.92 Å². The Bertz CT molecular complexity index is 62.3. The lowest BCUT2D eigenvalue weighted by molar-refractivity contribution is 0.848. The van der Waals surface area contributed by atoms with Crippen molar-refractivity contribution >= 4 is 11.8 Å². The fraction of sp³-hybridized carbons (Fsp3) is 0.800. The van der Waals surface area contributed by atoms with Crippen molar-refractivity contribution in [3.63, 3.8) is 0 Å². The van der Waals surface area contributed by atoms with E-state index in [0.29, 0.717) is 0 Å². The Morgan fingerprint density at radius 2 is 2.67 bits per heavy atom. The number of rotatable bonds is 0. The molecule has 1 saturated heterocycles. The van der Waals surface area contributed by atoms with E-state index in [4.69, 9.17) is 0 Å². The molecule has 0 amide bonds. The maximum atomic E-state index is 2.09. The average molecular weight is 99.2 g/mol. The first-order valence-corrected chi connectivity index (χ1v) is 3.44. The predicted molar refractivity (Wildman–Crippen MR) is 28.4 cm³/mol. The van der Waals surface area contributed by atoms with Crippen LogP contribution >= 0.6 is 11.8 Å². The first-order valence-electron chi connectivity index (χ1n) is 2.45. The smallest absolute Gasteiger partial charge is 0.0341 e. The largest absolute Gasteiger partial charge is 0.153 e. The van der Waals surface area contributed by atoms with Crippen LogP contribution in [0, 0.1) is 11.2 Å². The summed E-state index contributed by atoms with van der Waals surface area (Å²) in [4.78, 5) is 0. The minimum Gasteiger partial charge on any atom is -0.153 e. The third-order valence-electron chi connectivity index (χ3n) is 1.50. The summed E-state index contributed by atoms with van der Waals surface area (Å²) < 4.78 is 0. The van der Waals surface area contributed by atoms with E-state index >= 15 is 0 Å². The van der Waals surface area contributed by atoms with E-state index in [1.54, 1.807) is 5.25 Å². The number of hydrogen-bond donors (Lipinski definition) is 0. The molecule has 0 spiro atoms. The summed E-state index contributed by atoms with van der Waals surface area (Å²) in [6.07, 6.45) is 2.95. The van der Waals surface area contributed by atoms with Gasteiger partial charge in [0.1, 0.15) is 0 Å². The van der Waals surface area contributed by atoms with Crippen molar-refractivity contribution in [3.8, 4) is 0 Å². The molecule has 1 aliphatic carbocycles. The summed E-state index contributed by atoms with van der Waals surface area (Å²) in [6, 6.07) is 0. The molecular weight excluding hydrogens is 92.1 g/mol. The lowest BCUT2D eigenvalue weighted by atomic mass is 10.3. The Hall–Kier alpha value is 0.350. The SMILES string of the molecule is C1CC2C[C]2S1. The zero-order valence-electron chi connectivity index (χ0n) is 3.61. The topological polar surface area (TPSA) is 0 Å². The van der Waals surface area contributed by atoms with Crippen LogP contribution < -0.4 is 0 Å². The van der Waals surface area contributed by atoms with Crippen molar-refractivity contribution < 1.29 is 0 Å². The molecule has 0 N–H and O–H groups in total. The van der Waals surface area contributed by atoms with E-state index in [-0.39, 0.29) is 0 Å². The quantitative estimate of drug-likeness (QED) is 0.445. The molecule has 0 aromatic carbocycles. The predicted octanol–water partition coefficient (Wildman–Crippen LogP) is 1.68. The normalized spacial score (nSPS) is 43.0. The molecule has 2 aliphatic rings. The van der Waals surface area contributed by atoms with Gasteiger partial charge >= 0.3 is 0 Å². The van der Waals surface area contributed by atoms with Gasteiger partial charge in [-0.25, -0.2) is 0 Å². The van der Waals surface area contributed by atoms with Gasteiger partial charge in [0.2, 0.25) is 0 Å². The second-order valence-electron chi connectivity index (χ2n) is 2.00. The lowest BCUT2D eigenvalue weighted by Gasteiger charge is -1.80. The van der Waals surface area contributed by atoms with Crippen LogP contribution in [0.4, 0.5) is 0 Å². The molecular formula is C5H7S. The highest BCUT2D eigenvalue weighted by atomic mass is 32.2. The summed E-state index contributed by atoms with van der Waals surface area (Å²) in [5.41, 5.74) is 0. The summed E-state index contributed by atoms with van der Waals surface area (Å²) >= 11 is 2.09. The van der Waals surface area contributed by atoms with Crippen LogP contribution in [0.25, 0.3) is 0 Å². The summed E-state index contributed by atoms with van der Waals surface area (Å²) in [5.74, 6) is 2.51. The summed E-state index contributed by atoms with van der Waals surface area (Å²) in [5, 5.41) is 1.79. The first kappa shape index (κ1) is 3.36. The Morgan fingerprint density at radius 1 is 1.67 bits per heavy atom. The number of fused-ring (bicyclic) bond motifs is 1. The van der Waals surface area contributed by atoms with E-state index in [9.17, 15) is 0 Å². The van der Waals surface area contributed by atoms with Gasteiger partial charge in [0, 0.05) is 5.25 Å². The molecule has 2 rings (SSSR count). The molecule has 0 aromatic heterocycles. The Labute approximate surface area is 42.3 Å². The van der Waals surface area contributed by atoms with Crippen LogP contribution in [0.3, 0.4) is 0 Å². The number of hydrogen-bond acceptors (Lipinski definition) is 1. The van der Waals surface area contributed by atoms with Crippen molar-refractivity contribution in [1.82, 2.24) is 0 Å². The van der Waals surface area contributed by atoms with Gasteiger partial charge in [-0.2, -0.15) is 11.8 Å². The van der Waals surface area contributed by atoms with Gasteiger partial charge in [-0.1, -0.05) is 0 Å². The Kier molecular flexibility index (Phi) is 0.530. The number of thioether (sulfide) groups is 1. The second kappa shape index (κ2) is 0.945. The van der Waals surface area contributed by atoms with E-state index < -0.39 is 0 Å². The maximum absolute atomic E-state index is 2.09. The van der Waals surface area contributed by atoms with E-state index in [2.05, 4.69) is 11.8 Å². The van der Waals surface area contributed by atoms with Crippen LogP contribution in [0.1, 0.15) is 12.8 Å². The van der Waals surface area contributed by atoms with Crippen molar-refractivity contribution in [2.75, 3.05) is 5.75 Å². The highest BCUT2D eigenvalue weighted by Gasteiger charge is 2.42. The van der Waals surface area contributed by atoms with Crippen LogP contribution in [-0.4, -0.2) is 5.75 Å². The average Bonchev–Trinajstić information content (AvgIpc) is 2.17. The molecule has 1 atom stereocenters. The van der Waals surface area contributed by atoms with Crippen LogP contribution in [0.5, 0.6) is 0 Å². The minimum atomic E-state index is 1.09. The standard InChI is InChI=1S/C5H7S/c1-2-6-5-3-4(1)5/h4H,1-3H2. The maximum Gasteiger partial charge on any atom is 0.0341 e. The van der Waals surface area contributed by atoms with Gasteiger partial charge in [-0.15, -0.1) is 0 Å². The molecule has 6 heavy (non-hydrogen) atoms. The van der Waals surface area contributed by atoms with Crippen LogP contribution in [0.15, 0.2) is 0 Å². The zero-order valence-corrected chi connectivity index (χ0v) is 4.42. The van der Waals surface area contributed by atoms with Crippen molar-refractivity contribution in [3.05, 3.63) is 5.25 Å². The minimum absolute atomic E-state index is 1.09. The van der Waals surface area contributed by atoms with Crippen LogP contribution in [-0.2, 0) is 0 Å². The molecule has 1 aliphatic heterocycles. The molecule has 2 fully saturated rings. The third kappa shape index (κ3) is 0.320. The summed E-state index contributed by atoms with van der Waals surface area (Å²) in [7, 11) is 0. The van der Waals surface area contributed by atoms with E-state index in [0.717, 1.165) is 5.92 Å². The Morgan fingerprint density at radius 3 is 2.83 bits per heavy atom. The van der Waals surface area contributed by atoms with Gasteiger partial charge in [0.25, 0.3) is 0 Å². The van der Waals surface area contributed by atoms with Gasteiger partial charge in [-0.3, -0.25) is 0 Å². The molecule has 0 nitrogen and oxygen atoms in total. The second-order valence-corrected chi connectivity index (χ2v) is 3.23. The van der Waals surface area contributed by atoms with Crippen molar-refractivity contribution in [1.29, 1.82) is 0 Å². The van der Waals surface area contributed by atoms with E-state index in [1.165, 1.54) is 18.6 Å². The molecule has 1 radical (unpaired) electrons. The van der Waals surface area contributed by atoms with Gasteiger partial charge in [0.15, 0.2) is 0 Å². The molecule has 0 bridgehead atoms. The highest BCUT2D eigenvalue weighted by molar-refractivity contribution is 8.02. The molecule has 0 aromatic rings. The third-order valence-corrected chi connectivity index (χ3v) is 2.81. The summed E-state index contributed by atoms with van der Waals surface area (Å²) in [6.45, 7) is 0. The monoisotopic (exact) mass is 99.0 g/mol. The van der Waals surface area contributed by atoms with Gasteiger partial charge < -0.3 is 0 Å². The fourth-order valence-electron chi connectivity index (χ4n) is 0.956. The van der Waals surface area contributed by atoms with Crippen molar-refractivity contribution in [2.45, 2.75) is 12.8 Å². The van der Waals surface area contributed by atoms with Crippen LogP contribution in [0.2, 0.25) is 0 Å². The first-order chi connectivity index (χ1) is 2.97. The van der Waals surface area contributed by atoms with Gasteiger partial charge in [-0.05, 0) is 24.5 Å². The van der Waals surface area contributed by atoms with Gasteiger partial charge in [0.05, 0.1) is 0 Å². The molecule has 1 heterocycles. The highest BCUT2D eigenvalue weighted by Crippen LogP contribution is 2.57. The molecule has 1 heteroatoms. The Balaban J connectivity index is 2.09. The van der Waals surface area contributed by atoms with E-state index in [1.807, 2.05) is 0 Å². The zero-order chi connectivity index (χ0) is 3.98. The molecule has 33 valence electrons.